The number of aliphatic hydroxyl groups excluding tert-OH is 1. The lowest BCUT2D eigenvalue weighted by atomic mass is 10.0. The first kappa shape index (κ1) is 17.8. The average molecular weight is 320 g/mol. The smallest absolute Gasteiger partial charge is 0.317 e. The van der Waals surface area contributed by atoms with Crippen molar-refractivity contribution in [2.75, 3.05) is 26.3 Å². The molecule has 1 aliphatic rings. The average Bonchev–Trinajstić information content (AvgIpc) is 2.50. The number of nitrogens with zero attached hydrogens (tertiary/aromatic N) is 1. The van der Waals surface area contributed by atoms with E-state index < -0.39 is 6.10 Å². The fourth-order valence-corrected chi connectivity index (χ4v) is 3.15. The van der Waals surface area contributed by atoms with Gasteiger partial charge >= 0.3 is 6.03 Å². The van der Waals surface area contributed by atoms with Crippen LogP contribution in [0.25, 0.3) is 0 Å². The highest BCUT2D eigenvalue weighted by Gasteiger charge is 2.28. The van der Waals surface area contributed by atoms with E-state index in [0.29, 0.717) is 32.7 Å². The predicted octanol–water partition coefficient (Wildman–Crippen LogP) is 2.03. The Labute approximate surface area is 138 Å². The molecular formula is C18H28N2O3. The molecule has 1 fully saturated rings. The fourth-order valence-electron chi connectivity index (χ4n) is 3.15. The Hall–Kier alpha value is -1.59. The number of aliphatic hydroxyl groups is 1. The molecule has 0 aromatic heterocycles. The first-order valence-corrected chi connectivity index (χ1v) is 8.34. The second-order valence-electron chi connectivity index (χ2n) is 6.36. The van der Waals surface area contributed by atoms with E-state index in [-0.39, 0.29) is 12.1 Å². The Morgan fingerprint density at radius 3 is 2.78 bits per heavy atom. The molecule has 2 rings (SSSR count). The van der Waals surface area contributed by atoms with Crippen molar-refractivity contribution in [1.82, 2.24) is 10.2 Å². The van der Waals surface area contributed by atoms with Crippen LogP contribution in [0.15, 0.2) is 18.2 Å². The molecule has 2 N–H and O–H groups in total. The van der Waals surface area contributed by atoms with Gasteiger partial charge in [0, 0.05) is 13.1 Å². The van der Waals surface area contributed by atoms with Crippen molar-refractivity contribution >= 4 is 6.03 Å². The highest BCUT2D eigenvalue weighted by molar-refractivity contribution is 5.74. The zero-order chi connectivity index (χ0) is 16.8. The van der Waals surface area contributed by atoms with Gasteiger partial charge in [0.05, 0.1) is 25.4 Å². The highest BCUT2D eigenvalue weighted by Crippen LogP contribution is 2.15. The van der Waals surface area contributed by atoms with E-state index in [1.807, 2.05) is 0 Å². The molecule has 0 bridgehead atoms. The van der Waals surface area contributed by atoms with Gasteiger partial charge in [-0.2, -0.15) is 0 Å². The number of carbonyl (C=O) groups excluding carboxylic acids is 1. The van der Waals surface area contributed by atoms with Gasteiger partial charge in [0.2, 0.25) is 0 Å². The number of carbonyl (C=O) groups is 1. The third-order valence-corrected chi connectivity index (χ3v) is 4.40. The largest absolute Gasteiger partial charge is 0.393 e. The van der Waals surface area contributed by atoms with Crippen molar-refractivity contribution in [2.45, 2.75) is 45.8 Å². The second-order valence-corrected chi connectivity index (χ2v) is 6.36. The van der Waals surface area contributed by atoms with E-state index in [2.05, 4.69) is 37.4 Å². The first-order valence-electron chi connectivity index (χ1n) is 8.34. The maximum atomic E-state index is 12.4. The van der Waals surface area contributed by atoms with E-state index >= 15 is 0 Å². The van der Waals surface area contributed by atoms with Crippen molar-refractivity contribution in [3.05, 3.63) is 34.9 Å². The summed E-state index contributed by atoms with van der Waals surface area (Å²) < 4.78 is 5.44. The summed E-state index contributed by atoms with van der Waals surface area (Å²) in [6.45, 7) is 8.19. The second kappa shape index (κ2) is 8.31. The molecule has 128 valence electrons. The maximum Gasteiger partial charge on any atom is 0.317 e. The fraction of sp³-hybridized carbons (Fsp3) is 0.611. The van der Waals surface area contributed by atoms with Crippen LogP contribution in [0.2, 0.25) is 0 Å². The highest BCUT2D eigenvalue weighted by atomic mass is 16.5. The maximum absolute atomic E-state index is 12.4. The molecule has 0 saturated carbocycles. The Kier molecular flexibility index (Phi) is 6.42. The molecule has 0 unspecified atom stereocenters. The molecule has 1 saturated heterocycles. The van der Waals surface area contributed by atoms with Crippen LogP contribution in [-0.4, -0.2) is 54.5 Å². The number of nitrogens with one attached hydrogen (secondary N) is 1. The first-order chi connectivity index (χ1) is 11.0. The van der Waals surface area contributed by atoms with Crippen LogP contribution >= 0.6 is 0 Å². The number of hydrogen-bond acceptors (Lipinski definition) is 3. The molecule has 2 atom stereocenters. The SMILES string of the molecule is Cc1cccc(C)c1CCNC(=O)N1CCOC[C@@H]1C[C@H](C)O. The van der Waals surface area contributed by atoms with Crippen LogP contribution < -0.4 is 5.32 Å². The molecule has 2 amide bonds. The topological polar surface area (TPSA) is 61.8 Å². The molecule has 1 aliphatic heterocycles. The summed E-state index contributed by atoms with van der Waals surface area (Å²) in [4.78, 5) is 14.2. The lowest BCUT2D eigenvalue weighted by Gasteiger charge is -2.36. The van der Waals surface area contributed by atoms with E-state index in [4.69, 9.17) is 4.74 Å². The van der Waals surface area contributed by atoms with Gasteiger partial charge in [-0.05, 0) is 50.3 Å². The number of aryl methyl sites for hydroxylation is 2. The monoisotopic (exact) mass is 320 g/mol. The van der Waals surface area contributed by atoms with Crippen molar-refractivity contribution in [1.29, 1.82) is 0 Å². The van der Waals surface area contributed by atoms with Crippen LogP contribution in [0.5, 0.6) is 0 Å². The summed E-state index contributed by atoms with van der Waals surface area (Å²) in [5, 5.41) is 12.6. The normalized spacial score (nSPS) is 19.5. The summed E-state index contributed by atoms with van der Waals surface area (Å²) in [6.07, 6.45) is 0.937. The third-order valence-electron chi connectivity index (χ3n) is 4.40. The minimum absolute atomic E-state index is 0.0519. The van der Waals surface area contributed by atoms with Crippen LogP contribution in [0.3, 0.4) is 0 Å². The van der Waals surface area contributed by atoms with Gasteiger partial charge in [0.15, 0.2) is 0 Å². The van der Waals surface area contributed by atoms with Gasteiger partial charge in [-0.25, -0.2) is 4.79 Å². The molecule has 1 aromatic carbocycles. The lowest BCUT2D eigenvalue weighted by Crippen LogP contribution is -2.53. The van der Waals surface area contributed by atoms with Gasteiger partial charge in [-0.15, -0.1) is 0 Å². The number of urea groups is 1. The molecule has 1 aromatic rings. The third kappa shape index (κ3) is 4.94. The Morgan fingerprint density at radius 2 is 2.13 bits per heavy atom. The van der Waals surface area contributed by atoms with Gasteiger partial charge in [0.25, 0.3) is 0 Å². The quantitative estimate of drug-likeness (QED) is 0.872. The van der Waals surface area contributed by atoms with E-state index in [1.165, 1.54) is 16.7 Å². The summed E-state index contributed by atoms with van der Waals surface area (Å²) in [6, 6.07) is 6.14. The number of amides is 2. The van der Waals surface area contributed by atoms with Gasteiger partial charge < -0.3 is 20.1 Å². The van der Waals surface area contributed by atoms with Crippen molar-refractivity contribution in [3.63, 3.8) is 0 Å². The number of hydrogen-bond donors (Lipinski definition) is 2. The number of rotatable bonds is 5. The summed E-state index contributed by atoms with van der Waals surface area (Å²) >= 11 is 0. The molecule has 5 heteroatoms. The van der Waals surface area contributed by atoms with Crippen molar-refractivity contribution in [3.8, 4) is 0 Å². The Balaban J connectivity index is 1.88. The van der Waals surface area contributed by atoms with E-state index in [1.54, 1.807) is 11.8 Å². The molecule has 0 radical (unpaired) electrons. The molecule has 5 nitrogen and oxygen atoms in total. The molecule has 1 heterocycles. The summed E-state index contributed by atoms with van der Waals surface area (Å²) in [5.74, 6) is 0. The van der Waals surface area contributed by atoms with E-state index in [9.17, 15) is 9.90 Å². The lowest BCUT2D eigenvalue weighted by molar-refractivity contribution is -0.00425. The predicted molar refractivity (Wildman–Crippen MR) is 90.6 cm³/mol. The van der Waals surface area contributed by atoms with Gasteiger partial charge in [0.1, 0.15) is 0 Å². The Bertz CT molecular complexity index is 511. The molecule has 0 spiro atoms. The van der Waals surface area contributed by atoms with Crippen LogP contribution in [-0.2, 0) is 11.2 Å². The minimum atomic E-state index is -0.438. The molecular weight excluding hydrogens is 292 g/mol. The van der Waals surface area contributed by atoms with Gasteiger partial charge in [-0.1, -0.05) is 18.2 Å². The standard InChI is InChI=1S/C18H28N2O3/c1-13-5-4-6-14(2)17(13)7-8-19-18(22)20-9-10-23-12-16(20)11-15(3)21/h4-6,15-16,21H,7-12H2,1-3H3,(H,19,22)/t15-,16-/m0/s1. The molecule has 23 heavy (non-hydrogen) atoms. The van der Waals surface area contributed by atoms with Crippen molar-refractivity contribution < 1.29 is 14.6 Å². The summed E-state index contributed by atoms with van der Waals surface area (Å²) in [7, 11) is 0. The van der Waals surface area contributed by atoms with E-state index in [0.717, 1.165) is 6.42 Å². The van der Waals surface area contributed by atoms with Crippen LogP contribution in [0.4, 0.5) is 4.79 Å². The molecule has 0 aliphatic carbocycles. The van der Waals surface area contributed by atoms with Crippen LogP contribution in [0, 0.1) is 13.8 Å². The Morgan fingerprint density at radius 1 is 1.43 bits per heavy atom. The zero-order valence-corrected chi connectivity index (χ0v) is 14.3. The van der Waals surface area contributed by atoms with Gasteiger partial charge in [-0.3, -0.25) is 0 Å². The van der Waals surface area contributed by atoms with Crippen molar-refractivity contribution in [2.24, 2.45) is 0 Å². The number of benzene rings is 1. The van der Waals surface area contributed by atoms with Crippen LogP contribution in [0.1, 0.15) is 30.0 Å². The number of morpholine rings is 1. The zero-order valence-electron chi connectivity index (χ0n) is 14.3. The summed E-state index contributed by atoms with van der Waals surface area (Å²) in [5.41, 5.74) is 3.82. The minimum Gasteiger partial charge on any atom is -0.393 e. The number of ether oxygens (including phenoxy) is 1.